The van der Waals surface area contributed by atoms with Crippen molar-refractivity contribution >= 4 is 5.82 Å². The summed E-state index contributed by atoms with van der Waals surface area (Å²) in [7, 11) is 1.97. The summed E-state index contributed by atoms with van der Waals surface area (Å²) in [5.74, 6) is 1.74. The molecule has 0 aromatic carbocycles. The first kappa shape index (κ1) is 16.4. The number of anilines is 1. The van der Waals surface area contributed by atoms with Gasteiger partial charge in [-0.05, 0) is 0 Å². The van der Waals surface area contributed by atoms with Gasteiger partial charge in [-0.15, -0.1) is 0 Å². The fourth-order valence-electron chi connectivity index (χ4n) is 1.68. The Labute approximate surface area is 122 Å². The van der Waals surface area contributed by atoms with Crippen molar-refractivity contribution in [1.29, 1.82) is 5.26 Å². The summed E-state index contributed by atoms with van der Waals surface area (Å²) in [4.78, 5) is 11.4. The maximum atomic E-state index is 8.72. The minimum Gasteiger partial charge on any atom is -0.359 e. The van der Waals surface area contributed by atoms with E-state index in [2.05, 4.69) is 52.6 Å². The van der Waals surface area contributed by atoms with E-state index in [-0.39, 0.29) is 10.8 Å². The molecule has 0 saturated heterocycles. The molecule has 1 rings (SSSR count). The second-order valence-electron chi connectivity index (χ2n) is 7.26. The third kappa shape index (κ3) is 4.19. The van der Waals surface area contributed by atoms with Crippen LogP contribution in [0.25, 0.3) is 0 Å². The van der Waals surface area contributed by atoms with Gasteiger partial charge in [0, 0.05) is 30.5 Å². The molecule has 0 spiro atoms. The number of hydrogen-bond donors (Lipinski definition) is 0. The molecule has 0 fully saturated rings. The zero-order chi connectivity index (χ0) is 15.6. The Balaban J connectivity index is 3.28. The maximum Gasteiger partial charge on any atom is 0.136 e. The Morgan fingerprint density at radius 1 is 1.10 bits per heavy atom. The first-order chi connectivity index (χ1) is 9.05. The Hall–Kier alpha value is -1.63. The molecule has 0 atom stereocenters. The standard InChI is InChI=1S/C16H26N4/c1-15(2,3)12-11-13(20(7)10-8-9-17)19-14(18-12)16(4,5)6/h11H,8,10H2,1-7H3. The predicted molar refractivity (Wildman–Crippen MR) is 82.9 cm³/mol. The number of nitriles is 1. The molecule has 0 saturated carbocycles. The zero-order valence-corrected chi connectivity index (χ0v) is 13.8. The second-order valence-corrected chi connectivity index (χ2v) is 7.26. The van der Waals surface area contributed by atoms with Crippen LogP contribution in [0.1, 0.15) is 59.5 Å². The van der Waals surface area contributed by atoms with Gasteiger partial charge in [-0.2, -0.15) is 5.26 Å². The van der Waals surface area contributed by atoms with Crippen LogP contribution in [-0.4, -0.2) is 23.6 Å². The van der Waals surface area contributed by atoms with E-state index in [0.717, 1.165) is 17.3 Å². The summed E-state index contributed by atoms with van der Waals surface area (Å²) < 4.78 is 0. The maximum absolute atomic E-state index is 8.72. The average Bonchev–Trinajstić information content (AvgIpc) is 2.33. The Morgan fingerprint density at radius 3 is 2.15 bits per heavy atom. The van der Waals surface area contributed by atoms with Gasteiger partial charge in [0.25, 0.3) is 0 Å². The molecule has 4 heteroatoms. The van der Waals surface area contributed by atoms with Crippen molar-refractivity contribution < 1.29 is 0 Å². The van der Waals surface area contributed by atoms with E-state index >= 15 is 0 Å². The first-order valence-electron chi connectivity index (χ1n) is 7.04. The van der Waals surface area contributed by atoms with Crippen LogP contribution in [0.15, 0.2) is 6.07 Å². The minimum absolute atomic E-state index is 0.0201. The molecule has 0 aliphatic heterocycles. The second kappa shape index (κ2) is 5.78. The fourth-order valence-corrected chi connectivity index (χ4v) is 1.68. The lowest BCUT2D eigenvalue weighted by Gasteiger charge is -2.26. The molecule has 0 unspecified atom stereocenters. The SMILES string of the molecule is CN(CCC#N)c1cc(C(C)(C)C)nc(C(C)(C)C)n1. The van der Waals surface area contributed by atoms with Crippen LogP contribution in [0.4, 0.5) is 5.82 Å². The summed E-state index contributed by atoms with van der Waals surface area (Å²) in [5, 5.41) is 8.72. The van der Waals surface area contributed by atoms with E-state index in [1.807, 2.05) is 18.0 Å². The molecular weight excluding hydrogens is 248 g/mol. The molecule has 0 bridgehead atoms. The summed E-state index contributed by atoms with van der Waals surface area (Å²) in [6.07, 6.45) is 0.496. The van der Waals surface area contributed by atoms with Crippen LogP contribution in [0.3, 0.4) is 0 Å². The van der Waals surface area contributed by atoms with Gasteiger partial charge in [0.1, 0.15) is 11.6 Å². The van der Waals surface area contributed by atoms with Crippen molar-refractivity contribution in [3.05, 3.63) is 17.6 Å². The predicted octanol–water partition coefficient (Wildman–Crippen LogP) is 3.42. The highest BCUT2D eigenvalue weighted by Crippen LogP contribution is 2.27. The lowest BCUT2D eigenvalue weighted by molar-refractivity contribution is 0.513. The van der Waals surface area contributed by atoms with Crippen LogP contribution in [-0.2, 0) is 10.8 Å². The molecule has 0 N–H and O–H groups in total. The van der Waals surface area contributed by atoms with Gasteiger partial charge in [0.2, 0.25) is 0 Å². The smallest absolute Gasteiger partial charge is 0.136 e. The van der Waals surface area contributed by atoms with Gasteiger partial charge in [0.05, 0.1) is 18.2 Å². The number of rotatable bonds is 3. The molecule has 1 aromatic rings. The quantitative estimate of drug-likeness (QED) is 0.847. The molecular formula is C16H26N4. The van der Waals surface area contributed by atoms with E-state index in [1.54, 1.807) is 0 Å². The Morgan fingerprint density at radius 2 is 1.70 bits per heavy atom. The molecule has 0 aliphatic carbocycles. The first-order valence-corrected chi connectivity index (χ1v) is 7.04. The zero-order valence-electron chi connectivity index (χ0n) is 13.8. The third-order valence-corrected chi connectivity index (χ3v) is 3.10. The highest BCUT2D eigenvalue weighted by Gasteiger charge is 2.24. The monoisotopic (exact) mass is 274 g/mol. The summed E-state index contributed by atoms with van der Waals surface area (Å²) in [6.45, 7) is 13.5. The van der Waals surface area contributed by atoms with Gasteiger partial charge < -0.3 is 4.90 Å². The summed E-state index contributed by atoms with van der Waals surface area (Å²) in [6, 6.07) is 4.21. The van der Waals surface area contributed by atoms with Crippen molar-refractivity contribution in [2.24, 2.45) is 0 Å². The van der Waals surface area contributed by atoms with Gasteiger partial charge in [-0.3, -0.25) is 0 Å². The lowest BCUT2D eigenvalue weighted by atomic mass is 9.90. The van der Waals surface area contributed by atoms with Crippen molar-refractivity contribution in [3.8, 4) is 6.07 Å². The van der Waals surface area contributed by atoms with Gasteiger partial charge in [-0.1, -0.05) is 41.5 Å². The topological polar surface area (TPSA) is 52.8 Å². The molecule has 1 heterocycles. The molecule has 20 heavy (non-hydrogen) atoms. The van der Waals surface area contributed by atoms with Crippen molar-refractivity contribution in [1.82, 2.24) is 9.97 Å². The van der Waals surface area contributed by atoms with Crippen molar-refractivity contribution in [3.63, 3.8) is 0 Å². The minimum atomic E-state index is -0.0912. The fraction of sp³-hybridized carbons (Fsp3) is 0.688. The largest absolute Gasteiger partial charge is 0.359 e. The summed E-state index contributed by atoms with van der Waals surface area (Å²) >= 11 is 0. The lowest BCUT2D eigenvalue weighted by Crippen LogP contribution is -2.26. The van der Waals surface area contributed by atoms with Gasteiger partial charge in [-0.25, -0.2) is 9.97 Å². The van der Waals surface area contributed by atoms with E-state index in [9.17, 15) is 0 Å². The van der Waals surface area contributed by atoms with E-state index in [1.165, 1.54) is 0 Å². The van der Waals surface area contributed by atoms with Crippen LogP contribution in [0, 0.1) is 11.3 Å². The van der Waals surface area contributed by atoms with Crippen LogP contribution >= 0.6 is 0 Å². The van der Waals surface area contributed by atoms with Gasteiger partial charge in [0.15, 0.2) is 0 Å². The molecule has 0 amide bonds. The van der Waals surface area contributed by atoms with Crippen molar-refractivity contribution in [2.75, 3.05) is 18.5 Å². The number of aromatic nitrogens is 2. The molecule has 110 valence electrons. The molecule has 0 aliphatic rings. The number of hydrogen-bond acceptors (Lipinski definition) is 4. The average molecular weight is 274 g/mol. The van der Waals surface area contributed by atoms with Crippen LogP contribution in [0.2, 0.25) is 0 Å². The highest BCUT2D eigenvalue weighted by atomic mass is 15.2. The van der Waals surface area contributed by atoms with Crippen molar-refractivity contribution in [2.45, 2.75) is 58.8 Å². The van der Waals surface area contributed by atoms with Gasteiger partial charge >= 0.3 is 0 Å². The number of nitrogens with zero attached hydrogens (tertiary/aromatic N) is 4. The van der Waals surface area contributed by atoms with E-state index in [4.69, 9.17) is 10.2 Å². The highest BCUT2D eigenvalue weighted by molar-refractivity contribution is 5.41. The van der Waals surface area contributed by atoms with E-state index < -0.39 is 0 Å². The molecule has 4 nitrogen and oxygen atoms in total. The molecule has 0 radical (unpaired) electrons. The van der Waals surface area contributed by atoms with Crippen LogP contribution < -0.4 is 4.90 Å². The van der Waals surface area contributed by atoms with E-state index in [0.29, 0.717) is 13.0 Å². The van der Waals surface area contributed by atoms with Crippen LogP contribution in [0.5, 0.6) is 0 Å². The third-order valence-electron chi connectivity index (χ3n) is 3.10. The molecule has 1 aromatic heterocycles. The Kier molecular flexibility index (Phi) is 4.75. The summed E-state index contributed by atoms with van der Waals surface area (Å²) in [5.41, 5.74) is 0.927. The Bertz CT molecular complexity index is 468. The normalized spacial score (nSPS) is 12.1.